The van der Waals surface area contributed by atoms with Gasteiger partial charge >= 0.3 is 6.09 Å². The average molecular weight is 459 g/mol. The summed E-state index contributed by atoms with van der Waals surface area (Å²) < 4.78 is 0. The molecule has 2 aliphatic rings. The molecule has 1 unspecified atom stereocenters. The number of piperazine rings is 1. The van der Waals surface area contributed by atoms with Crippen molar-refractivity contribution in [2.75, 3.05) is 24.5 Å². The Hall–Kier alpha value is -3.66. The lowest BCUT2D eigenvalue weighted by atomic mass is 9.90. The Morgan fingerprint density at radius 1 is 1.12 bits per heavy atom. The molecule has 1 spiro atoms. The molecule has 2 saturated heterocycles. The summed E-state index contributed by atoms with van der Waals surface area (Å²) >= 11 is 5.94. The van der Waals surface area contributed by atoms with Crippen LogP contribution in [-0.4, -0.2) is 62.9 Å². The van der Waals surface area contributed by atoms with Crippen molar-refractivity contribution >= 4 is 40.9 Å². The molecule has 32 heavy (non-hydrogen) atoms. The number of likely N-dealkylation sites (tertiary alicyclic amines) is 1. The van der Waals surface area contributed by atoms with E-state index in [0.29, 0.717) is 10.7 Å². The predicted octanol–water partition coefficient (Wildman–Crippen LogP) is 2.75. The summed E-state index contributed by atoms with van der Waals surface area (Å²) in [5.74, 6) is -0.756. The number of rotatable bonds is 4. The minimum Gasteiger partial charge on any atom is -0.465 e. The third kappa shape index (κ3) is 3.73. The highest BCUT2D eigenvalue weighted by Crippen LogP contribution is 2.37. The number of carboxylic acid groups (broad SMARTS) is 1. The van der Waals surface area contributed by atoms with Gasteiger partial charge in [0.25, 0.3) is 11.6 Å². The van der Waals surface area contributed by atoms with Crippen LogP contribution in [0.25, 0.3) is 0 Å². The Bertz CT molecular complexity index is 1090. The highest BCUT2D eigenvalue weighted by atomic mass is 35.5. The van der Waals surface area contributed by atoms with Gasteiger partial charge in [0.15, 0.2) is 0 Å². The van der Waals surface area contributed by atoms with Gasteiger partial charge in [-0.05, 0) is 36.2 Å². The maximum atomic E-state index is 13.7. The molecule has 2 heterocycles. The summed E-state index contributed by atoms with van der Waals surface area (Å²) in [5.41, 5.74) is -0.406. The maximum Gasteiger partial charge on any atom is 0.407 e. The van der Waals surface area contributed by atoms with Crippen molar-refractivity contribution in [1.29, 1.82) is 0 Å². The predicted molar refractivity (Wildman–Crippen MR) is 114 cm³/mol. The molecule has 0 aliphatic carbocycles. The molecule has 166 valence electrons. The Balaban J connectivity index is 1.70. The molecule has 1 N–H and O–H groups in total. The van der Waals surface area contributed by atoms with Gasteiger partial charge in [-0.3, -0.25) is 19.7 Å². The lowest BCUT2D eigenvalue weighted by Crippen LogP contribution is -2.69. The van der Waals surface area contributed by atoms with Crippen LogP contribution in [0.3, 0.4) is 0 Å². The first-order chi connectivity index (χ1) is 15.2. The zero-order chi connectivity index (χ0) is 23.0. The van der Waals surface area contributed by atoms with E-state index in [1.807, 2.05) is 0 Å². The van der Waals surface area contributed by atoms with Crippen LogP contribution in [0.4, 0.5) is 16.2 Å². The van der Waals surface area contributed by atoms with Gasteiger partial charge in [-0.1, -0.05) is 23.7 Å². The topological polar surface area (TPSA) is 124 Å². The molecule has 0 aromatic heterocycles. The van der Waals surface area contributed by atoms with Crippen LogP contribution in [0.5, 0.6) is 0 Å². The van der Waals surface area contributed by atoms with E-state index >= 15 is 0 Å². The van der Waals surface area contributed by atoms with Crippen molar-refractivity contribution in [1.82, 2.24) is 9.80 Å². The number of non-ortho nitro benzene ring substituents is 1. The summed E-state index contributed by atoms with van der Waals surface area (Å²) in [6.07, 6.45) is -1.01. The van der Waals surface area contributed by atoms with Crippen molar-refractivity contribution < 1.29 is 24.4 Å². The molecule has 0 bridgehead atoms. The summed E-state index contributed by atoms with van der Waals surface area (Å²) in [4.78, 5) is 52.8. The van der Waals surface area contributed by atoms with Crippen LogP contribution in [0.2, 0.25) is 5.02 Å². The van der Waals surface area contributed by atoms with Crippen LogP contribution in [0, 0.1) is 10.1 Å². The number of nitro benzene ring substituents is 1. The van der Waals surface area contributed by atoms with Crippen molar-refractivity contribution in [3.8, 4) is 0 Å². The monoisotopic (exact) mass is 458 g/mol. The minimum absolute atomic E-state index is 0.111. The van der Waals surface area contributed by atoms with Crippen molar-refractivity contribution in [2.45, 2.75) is 18.5 Å². The van der Waals surface area contributed by atoms with E-state index in [4.69, 9.17) is 11.6 Å². The number of halogens is 1. The summed E-state index contributed by atoms with van der Waals surface area (Å²) in [6, 6.07) is 12.2. The second-order valence-corrected chi connectivity index (χ2v) is 8.19. The zero-order valence-corrected chi connectivity index (χ0v) is 17.6. The van der Waals surface area contributed by atoms with Gasteiger partial charge in [-0.2, -0.15) is 0 Å². The number of carbonyl (C=O) groups excluding carboxylic acids is 2. The first kappa shape index (κ1) is 21.6. The number of anilines is 1. The van der Waals surface area contributed by atoms with Crippen LogP contribution < -0.4 is 4.90 Å². The van der Waals surface area contributed by atoms with Gasteiger partial charge in [0, 0.05) is 35.9 Å². The third-order valence-electron chi connectivity index (χ3n) is 5.90. The normalized spacial score (nSPS) is 20.8. The molecule has 4 rings (SSSR count). The summed E-state index contributed by atoms with van der Waals surface area (Å²) in [7, 11) is 0. The molecule has 2 fully saturated rings. The van der Waals surface area contributed by atoms with Crippen molar-refractivity contribution in [3.05, 3.63) is 69.2 Å². The molecular weight excluding hydrogens is 440 g/mol. The van der Waals surface area contributed by atoms with Crippen molar-refractivity contribution in [2.24, 2.45) is 0 Å². The number of hydrogen-bond donors (Lipinski definition) is 1. The lowest BCUT2D eigenvalue weighted by molar-refractivity contribution is -0.384. The molecule has 11 heteroatoms. The van der Waals surface area contributed by atoms with E-state index in [1.54, 1.807) is 24.3 Å². The van der Waals surface area contributed by atoms with Crippen LogP contribution in [0.1, 0.15) is 12.0 Å². The lowest BCUT2D eigenvalue weighted by Gasteiger charge is -2.47. The van der Waals surface area contributed by atoms with Gasteiger partial charge in [-0.25, -0.2) is 4.79 Å². The molecule has 2 aromatic rings. The van der Waals surface area contributed by atoms with Gasteiger partial charge in [0.1, 0.15) is 12.1 Å². The molecule has 0 radical (unpaired) electrons. The number of nitro groups is 1. The van der Waals surface area contributed by atoms with Gasteiger partial charge < -0.3 is 19.8 Å². The van der Waals surface area contributed by atoms with Crippen molar-refractivity contribution in [3.63, 3.8) is 0 Å². The zero-order valence-electron chi connectivity index (χ0n) is 16.8. The highest BCUT2D eigenvalue weighted by molar-refractivity contribution is 6.30. The van der Waals surface area contributed by atoms with Crippen LogP contribution >= 0.6 is 11.6 Å². The second kappa shape index (κ2) is 8.12. The molecular formula is C21H19ClN4O6. The fraction of sp³-hybridized carbons (Fsp3) is 0.286. The van der Waals surface area contributed by atoms with Gasteiger partial charge in [0.05, 0.1) is 11.5 Å². The first-order valence-electron chi connectivity index (χ1n) is 9.80. The fourth-order valence-corrected chi connectivity index (χ4v) is 4.35. The molecule has 3 amide bonds. The largest absolute Gasteiger partial charge is 0.465 e. The maximum absolute atomic E-state index is 13.7. The highest BCUT2D eigenvalue weighted by Gasteiger charge is 2.57. The van der Waals surface area contributed by atoms with E-state index in [1.165, 1.54) is 34.1 Å². The summed E-state index contributed by atoms with van der Waals surface area (Å²) in [5, 5.41) is 20.9. The van der Waals surface area contributed by atoms with E-state index in [9.17, 15) is 29.6 Å². The van der Waals surface area contributed by atoms with E-state index in [-0.39, 0.29) is 44.2 Å². The fourth-order valence-electron chi connectivity index (χ4n) is 4.22. The number of benzene rings is 2. The number of nitrogens with zero attached hydrogens (tertiary/aromatic N) is 4. The van der Waals surface area contributed by atoms with E-state index < -0.39 is 22.5 Å². The molecule has 2 aliphatic heterocycles. The third-order valence-corrected chi connectivity index (χ3v) is 6.15. The smallest absolute Gasteiger partial charge is 0.407 e. The molecule has 10 nitrogen and oxygen atoms in total. The number of amides is 3. The SMILES string of the molecule is O=C(O)N1CCC2(C1)C(=O)N(c1ccc([N+](=O)[O-])cc1)CC(=O)N2Cc1ccc(Cl)cc1. The van der Waals surface area contributed by atoms with Gasteiger partial charge in [0.2, 0.25) is 5.91 Å². The Morgan fingerprint density at radius 2 is 1.78 bits per heavy atom. The van der Waals surface area contributed by atoms with Crippen LogP contribution in [-0.2, 0) is 16.1 Å². The Kier molecular flexibility index (Phi) is 5.47. The first-order valence-corrected chi connectivity index (χ1v) is 10.2. The second-order valence-electron chi connectivity index (χ2n) is 7.76. The quantitative estimate of drug-likeness (QED) is 0.554. The van der Waals surface area contributed by atoms with E-state index in [0.717, 1.165) is 10.5 Å². The standard InChI is InChI=1S/C21H19ClN4O6/c22-15-3-1-14(2-4-15)11-25-18(27)12-24(16-5-7-17(8-6-16)26(31)32)19(28)21(25)9-10-23(13-21)20(29)30/h1-8H,9-13H2,(H,29,30). The Morgan fingerprint density at radius 3 is 2.34 bits per heavy atom. The van der Waals surface area contributed by atoms with Gasteiger partial charge in [-0.15, -0.1) is 0 Å². The Labute approximate surface area is 187 Å². The van der Waals surface area contributed by atoms with E-state index in [2.05, 4.69) is 0 Å². The minimum atomic E-state index is -1.37. The summed E-state index contributed by atoms with van der Waals surface area (Å²) in [6.45, 7) is -0.161. The molecule has 2 aromatic carbocycles. The number of hydrogen-bond acceptors (Lipinski definition) is 5. The molecule has 1 atom stereocenters. The average Bonchev–Trinajstić information content (AvgIpc) is 3.22. The van der Waals surface area contributed by atoms with Crippen LogP contribution in [0.15, 0.2) is 48.5 Å². The molecule has 0 saturated carbocycles. The number of carbonyl (C=O) groups is 3.